The molecule has 0 spiro atoms. The third-order valence-corrected chi connectivity index (χ3v) is 5.28. The first-order valence-electron chi connectivity index (χ1n) is 6.96. The van der Waals surface area contributed by atoms with Crippen molar-refractivity contribution in [1.82, 2.24) is 0 Å². The number of amides is 2. The molecular formula is C17H17BrN2O2S. The first-order valence-corrected chi connectivity index (χ1v) is 8.74. The number of carbonyl (C=O) groups excluding carboxylic acids is 2. The van der Waals surface area contributed by atoms with Gasteiger partial charge in [-0.3, -0.25) is 9.59 Å². The molecule has 2 aromatic carbocycles. The Morgan fingerprint density at radius 2 is 1.78 bits per heavy atom. The van der Waals surface area contributed by atoms with Crippen LogP contribution in [-0.2, 0) is 4.79 Å². The summed E-state index contributed by atoms with van der Waals surface area (Å²) in [6.45, 7) is 4.04. The summed E-state index contributed by atoms with van der Waals surface area (Å²) in [5.74, 6) is -0.263. The van der Waals surface area contributed by atoms with E-state index in [0.29, 0.717) is 17.0 Å². The van der Waals surface area contributed by atoms with Gasteiger partial charge in [-0.1, -0.05) is 15.9 Å². The van der Waals surface area contributed by atoms with Gasteiger partial charge in [0, 0.05) is 20.6 Å². The second-order valence-electron chi connectivity index (χ2n) is 5.15. The Hall–Kier alpha value is -1.79. The lowest BCUT2D eigenvalue weighted by molar-refractivity contribution is -0.113. The van der Waals surface area contributed by atoms with Crippen LogP contribution in [0.25, 0.3) is 0 Å². The van der Waals surface area contributed by atoms with Crippen molar-refractivity contribution in [2.75, 3.05) is 11.1 Å². The van der Waals surface area contributed by atoms with E-state index in [1.807, 2.05) is 13.8 Å². The molecule has 3 N–H and O–H groups in total. The number of halogens is 1. The fourth-order valence-corrected chi connectivity index (χ4v) is 3.33. The van der Waals surface area contributed by atoms with Gasteiger partial charge in [-0.15, -0.1) is 11.8 Å². The molecule has 0 aliphatic carbocycles. The molecule has 0 heterocycles. The molecule has 120 valence electrons. The Kier molecular flexibility index (Phi) is 5.85. The van der Waals surface area contributed by atoms with Gasteiger partial charge in [0.1, 0.15) is 0 Å². The van der Waals surface area contributed by atoms with Gasteiger partial charge in [0.15, 0.2) is 0 Å². The number of rotatable bonds is 5. The highest BCUT2D eigenvalue weighted by Gasteiger charge is 2.08. The minimum atomic E-state index is -0.487. The van der Waals surface area contributed by atoms with E-state index in [0.717, 1.165) is 20.5 Å². The zero-order valence-corrected chi connectivity index (χ0v) is 15.3. The molecular weight excluding hydrogens is 376 g/mol. The van der Waals surface area contributed by atoms with E-state index in [2.05, 4.69) is 33.4 Å². The van der Waals surface area contributed by atoms with Crippen LogP contribution < -0.4 is 11.1 Å². The SMILES string of the molecule is Cc1cc(SCC(=O)Nc2ccc(C(N)=O)cc2)c(C)cc1Br. The van der Waals surface area contributed by atoms with Gasteiger partial charge in [-0.2, -0.15) is 0 Å². The number of hydrogen-bond donors (Lipinski definition) is 2. The second-order valence-corrected chi connectivity index (χ2v) is 7.02. The number of benzene rings is 2. The Labute approximate surface area is 148 Å². The highest BCUT2D eigenvalue weighted by Crippen LogP contribution is 2.28. The average molecular weight is 393 g/mol. The van der Waals surface area contributed by atoms with E-state index in [1.165, 1.54) is 11.8 Å². The third kappa shape index (κ3) is 4.84. The summed E-state index contributed by atoms with van der Waals surface area (Å²) in [5.41, 5.74) is 8.51. The number of primary amides is 1. The van der Waals surface area contributed by atoms with E-state index in [4.69, 9.17) is 5.73 Å². The maximum Gasteiger partial charge on any atom is 0.248 e. The minimum absolute atomic E-state index is 0.0956. The van der Waals surface area contributed by atoms with Crippen molar-refractivity contribution in [1.29, 1.82) is 0 Å². The third-order valence-electron chi connectivity index (χ3n) is 3.27. The van der Waals surface area contributed by atoms with Crippen LogP contribution in [0.4, 0.5) is 5.69 Å². The standard InChI is InChI=1S/C17H17BrN2O2S/c1-10-8-15(11(2)7-14(10)18)23-9-16(21)20-13-5-3-12(4-6-13)17(19)22/h3-8H,9H2,1-2H3,(H2,19,22)(H,20,21). The predicted molar refractivity (Wildman–Crippen MR) is 97.9 cm³/mol. The number of anilines is 1. The minimum Gasteiger partial charge on any atom is -0.366 e. The largest absolute Gasteiger partial charge is 0.366 e. The van der Waals surface area contributed by atoms with Gasteiger partial charge in [-0.25, -0.2) is 0 Å². The Balaban J connectivity index is 1.95. The summed E-state index contributed by atoms with van der Waals surface area (Å²) < 4.78 is 1.07. The molecule has 6 heteroatoms. The zero-order valence-electron chi connectivity index (χ0n) is 12.9. The van der Waals surface area contributed by atoms with Crippen LogP contribution in [0, 0.1) is 13.8 Å². The molecule has 0 saturated heterocycles. The van der Waals surface area contributed by atoms with Gasteiger partial charge >= 0.3 is 0 Å². The fourth-order valence-electron chi connectivity index (χ4n) is 1.97. The second kappa shape index (κ2) is 7.66. The van der Waals surface area contributed by atoms with E-state index in [9.17, 15) is 9.59 Å². The number of nitrogens with one attached hydrogen (secondary N) is 1. The van der Waals surface area contributed by atoms with E-state index >= 15 is 0 Å². The Morgan fingerprint density at radius 1 is 1.13 bits per heavy atom. The summed E-state index contributed by atoms with van der Waals surface area (Å²) in [4.78, 5) is 24.1. The molecule has 0 aliphatic heterocycles. The molecule has 0 aliphatic rings. The first-order chi connectivity index (χ1) is 10.9. The van der Waals surface area contributed by atoms with Crippen molar-refractivity contribution in [3.8, 4) is 0 Å². The lowest BCUT2D eigenvalue weighted by atomic mass is 10.2. The van der Waals surface area contributed by atoms with Crippen molar-refractivity contribution in [2.24, 2.45) is 5.73 Å². The van der Waals surface area contributed by atoms with Gasteiger partial charge in [0.25, 0.3) is 0 Å². The van der Waals surface area contributed by atoms with Crippen molar-refractivity contribution < 1.29 is 9.59 Å². The Morgan fingerprint density at radius 3 is 2.39 bits per heavy atom. The van der Waals surface area contributed by atoms with Crippen LogP contribution in [0.5, 0.6) is 0 Å². The molecule has 0 aromatic heterocycles. The van der Waals surface area contributed by atoms with Crippen LogP contribution in [0.15, 0.2) is 45.8 Å². The van der Waals surface area contributed by atoms with E-state index in [1.54, 1.807) is 24.3 Å². The number of hydrogen-bond acceptors (Lipinski definition) is 3. The summed E-state index contributed by atoms with van der Waals surface area (Å²) >= 11 is 5.00. The van der Waals surface area contributed by atoms with Crippen molar-refractivity contribution in [2.45, 2.75) is 18.7 Å². The highest BCUT2D eigenvalue weighted by molar-refractivity contribution is 9.10. The molecule has 2 amide bonds. The predicted octanol–water partition coefficient (Wildman–Crippen LogP) is 3.90. The van der Waals surface area contributed by atoms with Crippen molar-refractivity contribution in [3.63, 3.8) is 0 Å². The zero-order chi connectivity index (χ0) is 17.0. The van der Waals surface area contributed by atoms with Crippen LogP contribution in [0.1, 0.15) is 21.5 Å². The van der Waals surface area contributed by atoms with E-state index in [-0.39, 0.29) is 5.91 Å². The smallest absolute Gasteiger partial charge is 0.248 e. The lowest BCUT2D eigenvalue weighted by Gasteiger charge is -2.09. The normalized spacial score (nSPS) is 10.4. The van der Waals surface area contributed by atoms with Crippen LogP contribution in [0.2, 0.25) is 0 Å². The van der Waals surface area contributed by atoms with Gasteiger partial charge < -0.3 is 11.1 Å². The van der Waals surface area contributed by atoms with Crippen LogP contribution in [-0.4, -0.2) is 17.6 Å². The molecule has 0 bridgehead atoms. The molecule has 0 atom stereocenters. The number of carbonyl (C=O) groups is 2. The fraction of sp³-hybridized carbons (Fsp3) is 0.176. The topological polar surface area (TPSA) is 72.2 Å². The average Bonchev–Trinajstić information content (AvgIpc) is 2.50. The number of thioether (sulfide) groups is 1. The lowest BCUT2D eigenvalue weighted by Crippen LogP contribution is -2.15. The van der Waals surface area contributed by atoms with Crippen LogP contribution in [0.3, 0.4) is 0 Å². The maximum atomic E-state index is 12.0. The van der Waals surface area contributed by atoms with Gasteiger partial charge in [0.2, 0.25) is 11.8 Å². The van der Waals surface area contributed by atoms with Gasteiger partial charge in [-0.05, 0) is 61.4 Å². The molecule has 4 nitrogen and oxygen atoms in total. The number of nitrogens with two attached hydrogens (primary N) is 1. The van der Waals surface area contributed by atoms with Gasteiger partial charge in [0.05, 0.1) is 5.75 Å². The summed E-state index contributed by atoms with van der Waals surface area (Å²) in [7, 11) is 0. The quantitative estimate of drug-likeness (QED) is 0.757. The summed E-state index contributed by atoms with van der Waals surface area (Å²) in [5, 5.41) is 2.80. The first kappa shape index (κ1) is 17.6. The highest BCUT2D eigenvalue weighted by atomic mass is 79.9. The van der Waals surface area contributed by atoms with Crippen LogP contribution >= 0.6 is 27.7 Å². The van der Waals surface area contributed by atoms with Crippen molar-refractivity contribution >= 4 is 45.2 Å². The monoisotopic (exact) mass is 392 g/mol. The number of aryl methyl sites for hydroxylation is 2. The molecule has 0 unspecified atom stereocenters. The van der Waals surface area contributed by atoms with E-state index < -0.39 is 5.91 Å². The Bertz CT molecular complexity index is 745. The summed E-state index contributed by atoms with van der Waals surface area (Å²) in [6.07, 6.45) is 0. The molecule has 0 radical (unpaired) electrons. The summed E-state index contributed by atoms with van der Waals surface area (Å²) in [6, 6.07) is 10.6. The molecule has 23 heavy (non-hydrogen) atoms. The maximum absolute atomic E-state index is 12.0. The molecule has 2 aromatic rings. The molecule has 0 fully saturated rings. The molecule has 0 saturated carbocycles. The molecule has 2 rings (SSSR count). The van der Waals surface area contributed by atoms with Crippen molar-refractivity contribution in [3.05, 3.63) is 57.6 Å².